The lowest BCUT2D eigenvalue weighted by Gasteiger charge is -2.25. The Morgan fingerprint density at radius 1 is 1.08 bits per heavy atom. The molecule has 5 nitrogen and oxygen atoms in total. The first-order chi connectivity index (χ1) is 11.8. The van der Waals surface area contributed by atoms with Crippen LogP contribution in [0.25, 0.3) is 0 Å². The van der Waals surface area contributed by atoms with Crippen molar-refractivity contribution < 1.29 is 19.0 Å². The van der Waals surface area contributed by atoms with Crippen LogP contribution in [0, 0.1) is 0 Å². The Bertz CT molecular complexity index is 725. The number of fused-ring (bicyclic) bond motifs is 1. The van der Waals surface area contributed by atoms with E-state index in [2.05, 4.69) is 0 Å². The molecule has 0 N–H and O–H groups in total. The van der Waals surface area contributed by atoms with Crippen molar-refractivity contribution in [3.8, 4) is 11.5 Å². The Morgan fingerprint density at radius 3 is 2.71 bits per heavy atom. The average Bonchev–Trinajstić information content (AvgIpc) is 3.31. The molecule has 4 rings (SSSR count). The van der Waals surface area contributed by atoms with Gasteiger partial charge in [-0.2, -0.15) is 0 Å². The van der Waals surface area contributed by atoms with Crippen molar-refractivity contribution in [3.05, 3.63) is 54.1 Å². The molecule has 0 aromatic heterocycles. The number of benzene rings is 2. The van der Waals surface area contributed by atoms with Crippen LogP contribution in [0.1, 0.15) is 18.4 Å². The van der Waals surface area contributed by atoms with Gasteiger partial charge in [0.25, 0.3) is 5.91 Å². The Balaban J connectivity index is 1.61. The molecule has 2 aromatic carbocycles. The summed E-state index contributed by atoms with van der Waals surface area (Å²) in [7, 11) is 0. The summed E-state index contributed by atoms with van der Waals surface area (Å²) < 4.78 is 16.4. The van der Waals surface area contributed by atoms with Crippen LogP contribution < -0.4 is 14.4 Å². The van der Waals surface area contributed by atoms with Crippen molar-refractivity contribution >= 4 is 11.6 Å². The van der Waals surface area contributed by atoms with Gasteiger partial charge in [-0.1, -0.05) is 24.3 Å². The second-order valence-electron chi connectivity index (χ2n) is 5.95. The molecule has 1 fully saturated rings. The van der Waals surface area contributed by atoms with Gasteiger partial charge in [0.1, 0.15) is 6.10 Å². The van der Waals surface area contributed by atoms with Crippen molar-refractivity contribution in [2.75, 3.05) is 18.3 Å². The van der Waals surface area contributed by atoms with E-state index in [1.54, 1.807) is 4.90 Å². The average molecular weight is 325 g/mol. The number of ether oxygens (including phenoxy) is 3. The van der Waals surface area contributed by atoms with E-state index in [9.17, 15) is 4.79 Å². The third kappa shape index (κ3) is 2.95. The van der Waals surface area contributed by atoms with Gasteiger partial charge < -0.3 is 19.1 Å². The Kier molecular flexibility index (Phi) is 4.09. The lowest BCUT2D eigenvalue weighted by atomic mass is 10.1. The number of nitrogens with zero attached hydrogens (tertiary/aromatic N) is 1. The zero-order valence-corrected chi connectivity index (χ0v) is 13.3. The predicted octanol–water partition coefficient (Wildman–Crippen LogP) is 3.13. The van der Waals surface area contributed by atoms with Crippen LogP contribution in [-0.4, -0.2) is 25.4 Å². The largest absolute Gasteiger partial charge is 0.454 e. The van der Waals surface area contributed by atoms with E-state index in [1.165, 1.54) is 0 Å². The molecule has 0 radical (unpaired) electrons. The molecule has 2 aliphatic heterocycles. The molecule has 2 aliphatic rings. The first-order valence-electron chi connectivity index (χ1n) is 8.18. The van der Waals surface area contributed by atoms with Crippen molar-refractivity contribution in [3.63, 3.8) is 0 Å². The van der Waals surface area contributed by atoms with Crippen molar-refractivity contribution in [1.29, 1.82) is 0 Å². The van der Waals surface area contributed by atoms with E-state index in [0.29, 0.717) is 13.2 Å². The number of amides is 1. The third-order valence-electron chi connectivity index (χ3n) is 4.32. The SMILES string of the molecule is O=C([C@H]1CCCO1)N(Cc1ccc2c(c1)OCO2)c1ccccc1. The summed E-state index contributed by atoms with van der Waals surface area (Å²) in [6.07, 6.45) is 1.37. The molecule has 0 unspecified atom stereocenters. The standard InChI is InChI=1S/C19H19NO4/c21-19(17-7-4-10-22-17)20(15-5-2-1-3-6-15)12-14-8-9-16-18(11-14)24-13-23-16/h1-3,5-6,8-9,11,17H,4,7,10,12-13H2/t17-/m1/s1. The summed E-state index contributed by atoms with van der Waals surface area (Å²) in [5, 5.41) is 0. The molecule has 0 aliphatic carbocycles. The van der Waals surface area contributed by atoms with Gasteiger partial charge in [-0.3, -0.25) is 4.79 Å². The fraction of sp³-hybridized carbons (Fsp3) is 0.316. The number of anilines is 1. The molecule has 1 amide bonds. The van der Waals surface area contributed by atoms with Gasteiger partial charge in [-0.15, -0.1) is 0 Å². The molecule has 0 bridgehead atoms. The predicted molar refractivity (Wildman–Crippen MR) is 89.2 cm³/mol. The van der Waals surface area contributed by atoms with Gasteiger partial charge in [-0.25, -0.2) is 0 Å². The molecule has 5 heteroatoms. The van der Waals surface area contributed by atoms with Crippen LogP contribution in [0.4, 0.5) is 5.69 Å². The molecular formula is C19H19NO4. The first kappa shape index (κ1) is 15.0. The van der Waals surface area contributed by atoms with E-state index in [1.807, 2.05) is 48.5 Å². The van der Waals surface area contributed by atoms with Gasteiger partial charge in [0.2, 0.25) is 6.79 Å². The number of carbonyl (C=O) groups is 1. The molecule has 0 saturated carbocycles. The van der Waals surface area contributed by atoms with Crippen molar-refractivity contribution in [2.45, 2.75) is 25.5 Å². The van der Waals surface area contributed by atoms with Crippen LogP contribution in [0.15, 0.2) is 48.5 Å². The summed E-state index contributed by atoms with van der Waals surface area (Å²) >= 11 is 0. The van der Waals surface area contributed by atoms with Gasteiger partial charge in [-0.05, 0) is 42.7 Å². The van der Waals surface area contributed by atoms with Crippen LogP contribution >= 0.6 is 0 Å². The highest BCUT2D eigenvalue weighted by atomic mass is 16.7. The van der Waals surface area contributed by atoms with E-state index in [4.69, 9.17) is 14.2 Å². The van der Waals surface area contributed by atoms with Crippen molar-refractivity contribution in [1.82, 2.24) is 0 Å². The highest BCUT2D eigenvalue weighted by molar-refractivity contribution is 5.96. The van der Waals surface area contributed by atoms with Crippen LogP contribution in [0.5, 0.6) is 11.5 Å². The fourth-order valence-electron chi connectivity index (χ4n) is 3.07. The monoisotopic (exact) mass is 325 g/mol. The molecule has 0 spiro atoms. The van der Waals surface area contributed by atoms with Gasteiger partial charge in [0, 0.05) is 12.3 Å². The Morgan fingerprint density at radius 2 is 1.92 bits per heavy atom. The fourth-order valence-corrected chi connectivity index (χ4v) is 3.07. The summed E-state index contributed by atoms with van der Waals surface area (Å²) in [5.74, 6) is 1.48. The quantitative estimate of drug-likeness (QED) is 0.866. The second kappa shape index (κ2) is 6.53. The number of para-hydroxylation sites is 1. The topological polar surface area (TPSA) is 48.0 Å². The van der Waals surface area contributed by atoms with E-state index >= 15 is 0 Å². The minimum Gasteiger partial charge on any atom is -0.454 e. The highest BCUT2D eigenvalue weighted by Crippen LogP contribution is 2.33. The van der Waals surface area contributed by atoms with E-state index in [0.717, 1.165) is 35.6 Å². The van der Waals surface area contributed by atoms with E-state index in [-0.39, 0.29) is 18.8 Å². The van der Waals surface area contributed by atoms with Gasteiger partial charge in [0.15, 0.2) is 11.5 Å². The number of rotatable bonds is 4. The van der Waals surface area contributed by atoms with Crippen LogP contribution in [-0.2, 0) is 16.1 Å². The van der Waals surface area contributed by atoms with Crippen molar-refractivity contribution in [2.24, 2.45) is 0 Å². The molecule has 2 heterocycles. The van der Waals surface area contributed by atoms with Gasteiger partial charge >= 0.3 is 0 Å². The summed E-state index contributed by atoms with van der Waals surface area (Å²) in [6.45, 7) is 1.37. The number of carbonyl (C=O) groups excluding carboxylic acids is 1. The summed E-state index contributed by atoms with van der Waals surface area (Å²) in [5.41, 5.74) is 1.87. The first-order valence-corrected chi connectivity index (χ1v) is 8.18. The minimum atomic E-state index is -0.348. The molecule has 1 atom stereocenters. The zero-order chi connectivity index (χ0) is 16.4. The molecular weight excluding hydrogens is 306 g/mol. The molecule has 24 heavy (non-hydrogen) atoms. The maximum atomic E-state index is 12.9. The number of hydrogen-bond donors (Lipinski definition) is 0. The second-order valence-corrected chi connectivity index (χ2v) is 5.95. The third-order valence-corrected chi connectivity index (χ3v) is 4.32. The highest BCUT2D eigenvalue weighted by Gasteiger charge is 2.29. The molecule has 1 saturated heterocycles. The maximum Gasteiger partial charge on any atom is 0.256 e. The molecule has 124 valence electrons. The van der Waals surface area contributed by atoms with Gasteiger partial charge in [0.05, 0.1) is 6.54 Å². The smallest absolute Gasteiger partial charge is 0.256 e. The Hall–Kier alpha value is -2.53. The lowest BCUT2D eigenvalue weighted by molar-refractivity contribution is -0.127. The summed E-state index contributed by atoms with van der Waals surface area (Å²) in [4.78, 5) is 14.7. The normalized spacial score (nSPS) is 18.6. The van der Waals surface area contributed by atoms with Crippen LogP contribution in [0.3, 0.4) is 0 Å². The maximum absolute atomic E-state index is 12.9. The minimum absolute atomic E-state index is 0.0105. The molecule has 2 aromatic rings. The number of hydrogen-bond acceptors (Lipinski definition) is 4. The zero-order valence-electron chi connectivity index (χ0n) is 13.3. The van der Waals surface area contributed by atoms with Crippen LogP contribution in [0.2, 0.25) is 0 Å². The van der Waals surface area contributed by atoms with E-state index < -0.39 is 0 Å². The lowest BCUT2D eigenvalue weighted by Crippen LogP contribution is -2.38. The Labute approximate surface area is 140 Å². The summed E-state index contributed by atoms with van der Waals surface area (Å²) in [6, 6.07) is 15.5.